The van der Waals surface area contributed by atoms with Gasteiger partial charge in [-0.05, 0) is 13.8 Å². The van der Waals surface area contributed by atoms with Crippen molar-refractivity contribution in [3.8, 4) is 0 Å². The van der Waals surface area contributed by atoms with Gasteiger partial charge in [0, 0.05) is 0 Å². The summed E-state index contributed by atoms with van der Waals surface area (Å²) < 4.78 is 25.7. The van der Waals surface area contributed by atoms with Gasteiger partial charge < -0.3 is 23.7 Å². The number of hydrogen-bond donors (Lipinski definition) is 0. The largest absolute Gasteiger partial charge is 0.511 e. The van der Waals surface area contributed by atoms with Gasteiger partial charge in [0.15, 0.2) is 18.5 Å². The van der Waals surface area contributed by atoms with Crippen LogP contribution in [0.25, 0.3) is 0 Å². The Morgan fingerprint density at radius 2 is 2.00 bits per heavy atom. The first-order chi connectivity index (χ1) is 7.92. The molecule has 1 unspecified atom stereocenters. The summed E-state index contributed by atoms with van der Waals surface area (Å²) in [5.41, 5.74) is 0. The lowest BCUT2D eigenvalue weighted by atomic mass is 9.99. The van der Waals surface area contributed by atoms with Crippen molar-refractivity contribution in [1.29, 1.82) is 0 Å². The molecule has 1 spiro atoms. The summed E-state index contributed by atoms with van der Waals surface area (Å²) in [5, 5.41) is 0. The third kappa shape index (κ3) is 1.54. The number of ketones is 1. The van der Waals surface area contributed by atoms with E-state index in [2.05, 4.69) is 4.74 Å². The number of rotatable bonds is 0. The number of Topliss-reactive ketones (excluding diaryl/α,β-unsaturated/α-hetero) is 1. The highest BCUT2D eigenvalue weighted by atomic mass is 16.9. The van der Waals surface area contributed by atoms with Crippen molar-refractivity contribution in [1.82, 2.24) is 0 Å². The molecule has 3 heterocycles. The summed E-state index contributed by atoms with van der Waals surface area (Å²) in [4.78, 5) is 23.1. The van der Waals surface area contributed by atoms with E-state index in [4.69, 9.17) is 18.9 Å². The number of carbonyl (C=O) groups is 2. The minimum absolute atomic E-state index is 0.122. The summed E-state index contributed by atoms with van der Waals surface area (Å²) in [6.45, 7) is 3.30. The Kier molecular flexibility index (Phi) is 2.05. The molecule has 7 heteroatoms. The minimum atomic E-state index is -1.65. The van der Waals surface area contributed by atoms with Crippen LogP contribution in [0, 0.1) is 0 Å². The molecule has 0 aromatic heterocycles. The van der Waals surface area contributed by atoms with E-state index in [1.54, 1.807) is 13.8 Å². The Hall–Kier alpha value is -1.18. The van der Waals surface area contributed by atoms with E-state index in [9.17, 15) is 9.59 Å². The average molecular weight is 244 g/mol. The zero-order valence-corrected chi connectivity index (χ0v) is 9.43. The Morgan fingerprint density at radius 1 is 1.24 bits per heavy atom. The van der Waals surface area contributed by atoms with Crippen LogP contribution >= 0.6 is 0 Å². The summed E-state index contributed by atoms with van der Waals surface area (Å²) >= 11 is 0. The fraction of sp³-hybridized carbons (Fsp3) is 0.800. The first kappa shape index (κ1) is 10.9. The Balaban J connectivity index is 1.85. The zero-order valence-electron chi connectivity index (χ0n) is 9.43. The van der Waals surface area contributed by atoms with Gasteiger partial charge >= 0.3 is 11.9 Å². The van der Waals surface area contributed by atoms with Gasteiger partial charge in [-0.25, -0.2) is 4.79 Å². The normalized spacial score (nSPS) is 43.4. The smallest absolute Gasteiger partial charge is 0.427 e. The zero-order chi connectivity index (χ0) is 12.3. The first-order valence-electron chi connectivity index (χ1n) is 5.32. The van der Waals surface area contributed by atoms with Crippen molar-refractivity contribution in [3.05, 3.63) is 0 Å². The maximum Gasteiger partial charge on any atom is 0.511 e. The highest BCUT2D eigenvalue weighted by molar-refractivity contribution is 5.94. The predicted molar refractivity (Wildman–Crippen MR) is 49.9 cm³/mol. The van der Waals surface area contributed by atoms with E-state index >= 15 is 0 Å². The molecular weight excluding hydrogens is 232 g/mol. The Morgan fingerprint density at radius 3 is 2.65 bits per heavy atom. The van der Waals surface area contributed by atoms with Gasteiger partial charge in [-0.15, -0.1) is 0 Å². The molecule has 0 aromatic rings. The van der Waals surface area contributed by atoms with Gasteiger partial charge in [-0.2, -0.15) is 0 Å². The van der Waals surface area contributed by atoms with Crippen LogP contribution in [0.1, 0.15) is 13.8 Å². The van der Waals surface area contributed by atoms with Crippen LogP contribution in [0.5, 0.6) is 0 Å². The standard InChI is InChI=1S/C10H12O7/c1-9(2)15-5-3-14-10(4-13-8(12)17-10)7(11)6(5)16-9/h5-6H,3-4H2,1-2H3/t5-,6?,10+/m1/s1. The van der Waals surface area contributed by atoms with Crippen molar-refractivity contribution in [3.63, 3.8) is 0 Å². The van der Waals surface area contributed by atoms with E-state index in [0.717, 1.165) is 0 Å². The van der Waals surface area contributed by atoms with Crippen LogP contribution in [0.4, 0.5) is 4.79 Å². The maximum atomic E-state index is 12.2. The fourth-order valence-electron chi connectivity index (χ4n) is 2.22. The number of cyclic esters (lactones) is 1. The van der Waals surface area contributed by atoms with Gasteiger partial charge in [0.05, 0.1) is 6.61 Å². The third-order valence-corrected chi connectivity index (χ3v) is 2.93. The van der Waals surface area contributed by atoms with Crippen molar-refractivity contribution < 1.29 is 33.3 Å². The van der Waals surface area contributed by atoms with Gasteiger partial charge in [0.1, 0.15) is 6.10 Å². The van der Waals surface area contributed by atoms with Crippen molar-refractivity contribution >= 4 is 11.9 Å². The van der Waals surface area contributed by atoms with Gasteiger partial charge in [0.25, 0.3) is 0 Å². The Bertz CT molecular complexity index is 390. The molecule has 0 aliphatic carbocycles. The summed E-state index contributed by atoms with van der Waals surface area (Å²) in [7, 11) is 0. The van der Waals surface area contributed by atoms with Gasteiger partial charge in [-0.1, -0.05) is 0 Å². The van der Waals surface area contributed by atoms with Gasteiger partial charge in [0.2, 0.25) is 5.78 Å². The third-order valence-electron chi connectivity index (χ3n) is 2.93. The molecule has 3 rings (SSSR count). The SMILES string of the molecule is CC1(C)OC2C(=O)[C@@]3(COC(=O)O3)OC[C@H]2O1. The van der Waals surface area contributed by atoms with Crippen molar-refractivity contribution in [2.45, 2.75) is 37.6 Å². The summed E-state index contributed by atoms with van der Waals surface area (Å²) in [5.74, 6) is -2.96. The molecular formula is C10H12O7. The molecule has 0 bridgehead atoms. The quantitative estimate of drug-likeness (QED) is 0.553. The second-order valence-corrected chi connectivity index (χ2v) is 4.66. The molecule has 0 aromatic carbocycles. The highest BCUT2D eigenvalue weighted by Crippen LogP contribution is 2.38. The fourth-order valence-corrected chi connectivity index (χ4v) is 2.22. The van der Waals surface area contributed by atoms with Crippen molar-refractivity contribution in [2.24, 2.45) is 0 Å². The van der Waals surface area contributed by atoms with Gasteiger partial charge in [-0.3, -0.25) is 4.79 Å². The van der Waals surface area contributed by atoms with Crippen LogP contribution in [-0.2, 0) is 28.5 Å². The van der Waals surface area contributed by atoms with Crippen LogP contribution in [0.3, 0.4) is 0 Å². The second kappa shape index (κ2) is 3.18. The molecule has 94 valence electrons. The first-order valence-corrected chi connectivity index (χ1v) is 5.32. The average Bonchev–Trinajstić information content (AvgIpc) is 2.75. The lowest BCUT2D eigenvalue weighted by Gasteiger charge is -2.32. The molecule has 0 amide bonds. The topological polar surface area (TPSA) is 80.3 Å². The molecule has 3 aliphatic heterocycles. The molecule has 0 radical (unpaired) electrons. The molecule has 3 saturated heterocycles. The molecule has 3 atom stereocenters. The lowest BCUT2D eigenvalue weighted by molar-refractivity contribution is -0.220. The summed E-state index contributed by atoms with van der Waals surface area (Å²) in [6, 6.07) is 0. The van der Waals surface area contributed by atoms with Crippen LogP contribution < -0.4 is 0 Å². The minimum Gasteiger partial charge on any atom is -0.427 e. The van der Waals surface area contributed by atoms with E-state index in [-0.39, 0.29) is 13.2 Å². The predicted octanol–water partition coefficient (Wildman–Crippen LogP) is -0.0311. The lowest BCUT2D eigenvalue weighted by Crippen LogP contribution is -2.58. The molecule has 0 N–H and O–H groups in total. The number of carbonyl (C=O) groups excluding carboxylic acids is 2. The number of fused-ring (bicyclic) bond motifs is 1. The molecule has 7 nitrogen and oxygen atoms in total. The highest BCUT2D eigenvalue weighted by Gasteiger charge is 2.62. The number of hydrogen-bond acceptors (Lipinski definition) is 7. The van der Waals surface area contributed by atoms with Crippen molar-refractivity contribution in [2.75, 3.05) is 13.2 Å². The number of ether oxygens (including phenoxy) is 5. The van der Waals surface area contributed by atoms with Crippen LogP contribution in [0.15, 0.2) is 0 Å². The molecule has 0 saturated carbocycles. The van der Waals surface area contributed by atoms with E-state index in [0.29, 0.717) is 0 Å². The van der Waals surface area contributed by atoms with E-state index < -0.39 is 35.7 Å². The van der Waals surface area contributed by atoms with Crippen LogP contribution in [-0.4, -0.2) is 48.9 Å². The summed E-state index contributed by atoms with van der Waals surface area (Å²) in [6.07, 6.45) is -2.16. The Labute approximate surface area is 96.9 Å². The van der Waals surface area contributed by atoms with Crippen LogP contribution in [0.2, 0.25) is 0 Å². The molecule has 17 heavy (non-hydrogen) atoms. The molecule has 3 aliphatic rings. The maximum absolute atomic E-state index is 12.2. The monoisotopic (exact) mass is 244 g/mol. The molecule has 3 fully saturated rings. The van der Waals surface area contributed by atoms with E-state index in [1.165, 1.54) is 0 Å². The van der Waals surface area contributed by atoms with E-state index in [1.807, 2.05) is 0 Å². The second-order valence-electron chi connectivity index (χ2n) is 4.66.